The van der Waals surface area contributed by atoms with Crippen molar-refractivity contribution in [2.75, 3.05) is 0 Å². The lowest BCUT2D eigenvalue weighted by Gasteiger charge is -2.10. The summed E-state index contributed by atoms with van der Waals surface area (Å²) in [7, 11) is 0. The van der Waals surface area contributed by atoms with E-state index in [9.17, 15) is 0 Å². The fourth-order valence-corrected chi connectivity index (χ4v) is 7.84. The summed E-state index contributed by atoms with van der Waals surface area (Å²) in [6.45, 7) is 0. The monoisotopic (exact) mass is 684 g/mol. The minimum Gasteiger partial charge on any atom is -0.436 e. The molecule has 3 aromatic heterocycles. The minimum atomic E-state index is 0.630. The third-order valence-electron chi connectivity index (χ3n) is 9.41. The van der Waals surface area contributed by atoms with E-state index in [-0.39, 0.29) is 0 Å². The average Bonchev–Trinajstić information content (AvgIpc) is 3.83. The zero-order chi connectivity index (χ0) is 34.4. The Balaban J connectivity index is 0.957. The number of oxazole rings is 1. The van der Waals surface area contributed by atoms with Gasteiger partial charge >= 0.3 is 0 Å². The van der Waals surface area contributed by atoms with Gasteiger partial charge in [-0.3, -0.25) is 0 Å². The van der Waals surface area contributed by atoms with Gasteiger partial charge in [0, 0.05) is 42.4 Å². The maximum Gasteiger partial charge on any atom is 0.227 e. The summed E-state index contributed by atoms with van der Waals surface area (Å²) in [5.41, 5.74) is 9.88. The third-order valence-corrected chi connectivity index (χ3v) is 10.5. The summed E-state index contributed by atoms with van der Waals surface area (Å²) < 4.78 is 8.51. The van der Waals surface area contributed by atoms with Crippen LogP contribution in [0.2, 0.25) is 0 Å². The number of benzene rings is 7. The van der Waals surface area contributed by atoms with Crippen LogP contribution in [0.3, 0.4) is 0 Å². The van der Waals surface area contributed by atoms with Crippen LogP contribution in [0.4, 0.5) is 0 Å². The molecule has 0 aliphatic carbocycles. The molecule has 0 saturated carbocycles. The van der Waals surface area contributed by atoms with Crippen molar-refractivity contribution in [1.29, 1.82) is 0 Å². The maximum atomic E-state index is 6.02. The van der Waals surface area contributed by atoms with Crippen molar-refractivity contribution in [2.45, 2.75) is 0 Å². The predicted octanol–water partition coefficient (Wildman–Crippen LogP) is 12.4. The molecule has 0 aliphatic heterocycles. The Morgan fingerprint density at radius 3 is 1.54 bits per heavy atom. The summed E-state index contributed by atoms with van der Waals surface area (Å²) in [6.07, 6.45) is 0. The Hall–Kier alpha value is -6.76. The molecule has 0 radical (unpaired) electrons. The topological polar surface area (TPSA) is 64.7 Å². The normalized spacial score (nSPS) is 11.5. The molecule has 0 aliphatic rings. The van der Waals surface area contributed by atoms with Crippen LogP contribution in [0.25, 0.3) is 99.1 Å². The van der Waals surface area contributed by atoms with Gasteiger partial charge in [-0.05, 0) is 58.7 Å². The maximum absolute atomic E-state index is 6.02. The van der Waals surface area contributed by atoms with Crippen LogP contribution in [0.5, 0.6) is 0 Å². The van der Waals surface area contributed by atoms with Gasteiger partial charge in [0.2, 0.25) is 5.89 Å². The largest absolute Gasteiger partial charge is 0.436 e. The number of thiophene rings is 1. The van der Waals surface area contributed by atoms with E-state index in [2.05, 4.69) is 103 Å². The zero-order valence-electron chi connectivity index (χ0n) is 27.8. The zero-order valence-corrected chi connectivity index (χ0v) is 28.6. The van der Waals surface area contributed by atoms with Crippen molar-refractivity contribution in [1.82, 2.24) is 19.9 Å². The highest BCUT2D eigenvalue weighted by Crippen LogP contribution is 2.37. The Kier molecular flexibility index (Phi) is 7.25. The average molecular weight is 685 g/mol. The highest BCUT2D eigenvalue weighted by molar-refractivity contribution is 7.25. The van der Waals surface area contributed by atoms with Crippen molar-refractivity contribution in [3.63, 3.8) is 0 Å². The molecule has 6 heteroatoms. The van der Waals surface area contributed by atoms with Crippen LogP contribution in [-0.2, 0) is 0 Å². The van der Waals surface area contributed by atoms with E-state index in [1.165, 1.54) is 20.2 Å². The van der Waals surface area contributed by atoms with Crippen LogP contribution in [0, 0.1) is 0 Å². The standard InChI is InChI=1S/C46H28N4OS/c1-3-9-32(10-4-1)43-48-44(50-45(49-43)36-23-25-38-37-13-7-8-14-41(37)52-42(38)28-36)33-21-19-30(20-22-33)29-15-17-31(18-16-29)35-24-26-40-39(27-35)47-46(51-40)34-11-5-2-6-12-34/h1-28H. The number of rotatable bonds is 6. The smallest absolute Gasteiger partial charge is 0.227 e. The summed E-state index contributed by atoms with van der Waals surface area (Å²) in [5, 5.41) is 2.52. The molecule has 0 bridgehead atoms. The molecular formula is C46H28N4OS. The Morgan fingerprint density at radius 1 is 0.346 bits per heavy atom. The molecule has 52 heavy (non-hydrogen) atoms. The summed E-state index contributed by atoms with van der Waals surface area (Å²) in [5.74, 6) is 2.57. The quantitative estimate of drug-likeness (QED) is 0.174. The second-order valence-electron chi connectivity index (χ2n) is 12.7. The van der Waals surface area contributed by atoms with Crippen LogP contribution >= 0.6 is 11.3 Å². The molecule has 0 saturated heterocycles. The molecule has 10 aromatic rings. The number of nitrogens with zero attached hydrogens (tertiary/aromatic N) is 4. The highest BCUT2D eigenvalue weighted by atomic mass is 32.1. The van der Waals surface area contributed by atoms with Gasteiger partial charge < -0.3 is 4.42 Å². The second kappa shape index (κ2) is 12.5. The molecule has 0 spiro atoms. The molecule has 7 aromatic carbocycles. The number of hydrogen-bond acceptors (Lipinski definition) is 6. The summed E-state index contributed by atoms with van der Waals surface area (Å²) in [6, 6.07) is 58.4. The molecule has 5 nitrogen and oxygen atoms in total. The third kappa shape index (κ3) is 5.52. The minimum absolute atomic E-state index is 0.630. The Labute approximate surface area is 303 Å². The first-order chi connectivity index (χ1) is 25.7. The number of hydrogen-bond donors (Lipinski definition) is 0. The molecule has 0 fully saturated rings. The lowest BCUT2D eigenvalue weighted by atomic mass is 9.99. The lowest BCUT2D eigenvalue weighted by molar-refractivity contribution is 0.620. The molecule has 244 valence electrons. The lowest BCUT2D eigenvalue weighted by Crippen LogP contribution is -2.00. The Bertz CT molecular complexity index is 2880. The molecular weight excluding hydrogens is 657 g/mol. The van der Waals surface area contributed by atoms with Crippen LogP contribution < -0.4 is 0 Å². The van der Waals surface area contributed by atoms with Crippen LogP contribution in [0.1, 0.15) is 0 Å². The summed E-state index contributed by atoms with van der Waals surface area (Å²) >= 11 is 1.79. The van der Waals surface area contributed by atoms with Gasteiger partial charge in [-0.15, -0.1) is 11.3 Å². The number of aromatic nitrogens is 4. The highest BCUT2D eigenvalue weighted by Gasteiger charge is 2.15. The fraction of sp³-hybridized carbons (Fsp3) is 0. The van der Waals surface area contributed by atoms with Crippen LogP contribution in [-0.4, -0.2) is 19.9 Å². The van der Waals surface area contributed by atoms with E-state index in [0.717, 1.165) is 55.6 Å². The Morgan fingerprint density at radius 2 is 0.846 bits per heavy atom. The van der Waals surface area contributed by atoms with Gasteiger partial charge in [0.05, 0.1) is 0 Å². The summed E-state index contributed by atoms with van der Waals surface area (Å²) in [4.78, 5) is 19.7. The molecule has 0 unspecified atom stereocenters. The van der Waals surface area contributed by atoms with Crippen LogP contribution in [0.15, 0.2) is 174 Å². The first-order valence-electron chi connectivity index (χ1n) is 17.1. The van der Waals surface area contributed by atoms with E-state index in [1.54, 1.807) is 11.3 Å². The predicted molar refractivity (Wildman–Crippen MR) is 213 cm³/mol. The van der Waals surface area contributed by atoms with Crippen molar-refractivity contribution in [3.05, 3.63) is 170 Å². The van der Waals surface area contributed by atoms with Gasteiger partial charge in [-0.25, -0.2) is 19.9 Å². The molecule has 0 N–H and O–H groups in total. The van der Waals surface area contributed by atoms with Crippen molar-refractivity contribution in [3.8, 4) is 67.9 Å². The van der Waals surface area contributed by atoms with Gasteiger partial charge in [-0.1, -0.05) is 133 Å². The molecule has 3 heterocycles. The first kappa shape index (κ1) is 30.1. The van der Waals surface area contributed by atoms with Gasteiger partial charge in [0.1, 0.15) is 5.52 Å². The van der Waals surface area contributed by atoms with Gasteiger partial charge in [-0.2, -0.15) is 0 Å². The van der Waals surface area contributed by atoms with Gasteiger partial charge in [0.25, 0.3) is 0 Å². The first-order valence-corrected chi connectivity index (χ1v) is 17.9. The van der Waals surface area contributed by atoms with Crippen molar-refractivity contribution in [2.24, 2.45) is 0 Å². The van der Waals surface area contributed by atoms with E-state index < -0.39 is 0 Å². The van der Waals surface area contributed by atoms with E-state index in [4.69, 9.17) is 24.4 Å². The molecule has 0 amide bonds. The van der Waals surface area contributed by atoms with E-state index in [0.29, 0.717) is 23.4 Å². The molecule has 10 rings (SSSR count). The molecule has 0 atom stereocenters. The second-order valence-corrected chi connectivity index (χ2v) is 13.8. The van der Waals surface area contributed by atoms with Gasteiger partial charge in [0.15, 0.2) is 23.1 Å². The fourth-order valence-electron chi connectivity index (χ4n) is 6.69. The van der Waals surface area contributed by atoms with Crippen molar-refractivity contribution >= 4 is 42.6 Å². The van der Waals surface area contributed by atoms with Crippen molar-refractivity contribution < 1.29 is 4.42 Å². The number of fused-ring (bicyclic) bond motifs is 4. The van der Waals surface area contributed by atoms with E-state index >= 15 is 0 Å². The SMILES string of the molecule is c1ccc(-c2nc(-c3ccc(-c4ccc(-c5ccc6oc(-c7ccccc7)nc6c5)cc4)cc3)nc(-c3ccc4c(c3)sc3ccccc34)n2)cc1. The van der Waals surface area contributed by atoms with E-state index in [1.807, 2.05) is 66.7 Å².